The number of nitrogens with one attached hydrogen (secondary N) is 2. The van der Waals surface area contributed by atoms with Crippen LogP contribution in [0.1, 0.15) is 53.4 Å². The first-order valence-electron chi connectivity index (χ1n) is 14.0. The number of nitrogens with zero attached hydrogens (tertiary/aromatic N) is 4. The number of oxazole rings is 1. The molecule has 2 aliphatic heterocycles. The van der Waals surface area contributed by atoms with E-state index in [1.165, 1.54) is 12.1 Å². The van der Waals surface area contributed by atoms with Crippen LogP contribution >= 0.6 is 0 Å². The lowest BCUT2D eigenvalue weighted by molar-refractivity contribution is -0.138. The fourth-order valence-electron chi connectivity index (χ4n) is 5.65. The highest BCUT2D eigenvalue weighted by molar-refractivity contribution is 6.07. The molecule has 2 atom stereocenters. The van der Waals surface area contributed by atoms with E-state index in [-0.39, 0.29) is 23.3 Å². The van der Waals surface area contributed by atoms with Crippen LogP contribution in [-0.4, -0.2) is 71.0 Å². The summed E-state index contributed by atoms with van der Waals surface area (Å²) in [6.07, 6.45) is -0.0890. The van der Waals surface area contributed by atoms with Crippen LogP contribution in [0.15, 0.2) is 45.9 Å². The number of rotatable bonds is 6. The van der Waals surface area contributed by atoms with E-state index in [4.69, 9.17) is 4.42 Å². The maximum atomic E-state index is 15.8. The van der Waals surface area contributed by atoms with Gasteiger partial charge in [-0.3, -0.25) is 19.4 Å². The summed E-state index contributed by atoms with van der Waals surface area (Å²) < 4.78 is 62.6. The predicted molar refractivity (Wildman–Crippen MR) is 154 cm³/mol. The topological polar surface area (TPSA) is 97.7 Å². The zero-order chi connectivity index (χ0) is 31.1. The van der Waals surface area contributed by atoms with E-state index in [1.807, 2.05) is 31.9 Å². The van der Waals surface area contributed by atoms with Gasteiger partial charge in [0.2, 0.25) is 5.56 Å². The standard InChI is InChI=1S/C30H34F4N6O3/c1-17-14-40(15-18(2)38(17)4)27-11-25(31)22(20-5-7-39(8-6-20)16-21-12-35-19(3)43-21)9-26(27)37-29(42)23-13-36-28(41)10-24(23)30(32,33)34/h5,9-13,17-18H,6-8,14-16H2,1-4H3,(H,36,41)(H,37,42)/t17-,18?/m1/s1. The van der Waals surface area contributed by atoms with E-state index < -0.39 is 34.6 Å². The van der Waals surface area contributed by atoms with Crippen molar-refractivity contribution in [2.75, 3.05) is 43.4 Å². The van der Waals surface area contributed by atoms with Crippen LogP contribution in [0, 0.1) is 12.7 Å². The molecule has 4 heterocycles. The number of benzene rings is 1. The number of aromatic nitrogens is 2. The summed E-state index contributed by atoms with van der Waals surface area (Å²) in [7, 11) is 2.00. The second kappa shape index (κ2) is 12.0. The van der Waals surface area contributed by atoms with E-state index in [1.54, 1.807) is 13.1 Å². The molecule has 0 radical (unpaired) electrons. The van der Waals surface area contributed by atoms with Gasteiger partial charge in [-0.15, -0.1) is 0 Å². The maximum absolute atomic E-state index is 15.8. The average Bonchev–Trinajstić information content (AvgIpc) is 3.36. The van der Waals surface area contributed by atoms with Gasteiger partial charge in [-0.2, -0.15) is 13.2 Å². The number of amides is 1. The SMILES string of the molecule is Cc1ncc(CN2CC=C(c3cc(NC(=O)c4c[nH]c(=O)cc4C(F)(F)F)c(N4CC(C)N(C)[C@H](C)C4)cc3F)CC2)o1. The van der Waals surface area contributed by atoms with E-state index in [0.29, 0.717) is 56.8 Å². The Hall–Kier alpha value is -3.97. The number of piperazine rings is 1. The van der Waals surface area contributed by atoms with Gasteiger partial charge in [-0.05, 0) is 45.0 Å². The first-order valence-corrected chi connectivity index (χ1v) is 14.0. The van der Waals surface area contributed by atoms with E-state index >= 15 is 4.39 Å². The van der Waals surface area contributed by atoms with Gasteiger partial charge >= 0.3 is 6.18 Å². The van der Waals surface area contributed by atoms with Crippen molar-refractivity contribution >= 4 is 22.9 Å². The highest BCUT2D eigenvalue weighted by atomic mass is 19.4. The number of anilines is 2. The largest absolute Gasteiger partial charge is 0.445 e. The molecule has 1 amide bonds. The molecule has 2 aromatic heterocycles. The Morgan fingerprint density at radius 2 is 1.91 bits per heavy atom. The number of hydrogen-bond acceptors (Lipinski definition) is 7. The molecule has 43 heavy (non-hydrogen) atoms. The maximum Gasteiger partial charge on any atom is 0.417 e. The van der Waals surface area contributed by atoms with Crippen molar-refractivity contribution in [2.24, 2.45) is 0 Å². The van der Waals surface area contributed by atoms with Gasteiger partial charge in [0, 0.05) is 63.0 Å². The lowest BCUT2D eigenvalue weighted by Gasteiger charge is -2.44. The summed E-state index contributed by atoms with van der Waals surface area (Å²) in [5.41, 5.74) is -1.52. The number of carbonyl (C=O) groups is 1. The van der Waals surface area contributed by atoms with Crippen LogP contribution in [0.25, 0.3) is 5.57 Å². The van der Waals surface area contributed by atoms with E-state index in [0.717, 1.165) is 17.5 Å². The number of aryl methyl sites for hydroxylation is 1. The molecule has 1 fully saturated rings. The number of hydrogen-bond donors (Lipinski definition) is 2. The molecule has 0 aliphatic carbocycles. The molecule has 0 bridgehead atoms. The van der Waals surface area contributed by atoms with Gasteiger partial charge in [0.05, 0.1) is 35.2 Å². The monoisotopic (exact) mass is 602 g/mol. The number of H-pyrrole nitrogens is 1. The smallest absolute Gasteiger partial charge is 0.417 e. The van der Waals surface area contributed by atoms with Crippen molar-refractivity contribution in [2.45, 2.75) is 52.0 Å². The molecule has 1 aromatic carbocycles. The van der Waals surface area contributed by atoms with Gasteiger partial charge in [0.15, 0.2) is 5.89 Å². The fraction of sp³-hybridized carbons (Fsp3) is 0.433. The molecule has 0 spiro atoms. The number of likely N-dealkylation sites (N-methyl/N-ethyl adjacent to an activating group) is 1. The highest BCUT2D eigenvalue weighted by Crippen LogP contribution is 2.37. The van der Waals surface area contributed by atoms with Gasteiger partial charge < -0.3 is 19.6 Å². The third-order valence-corrected chi connectivity index (χ3v) is 8.20. The van der Waals surface area contributed by atoms with Crippen molar-refractivity contribution in [3.63, 3.8) is 0 Å². The first kappa shape index (κ1) is 30.5. The molecule has 13 heteroatoms. The molecule has 9 nitrogen and oxygen atoms in total. The van der Waals surface area contributed by atoms with Crippen molar-refractivity contribution < 1.29 is 26.8 Å². The molecule has 5 rings (SSSR count). The van der Waals surface area contributed by atoms with Crippen molar-refractivity contribution in [3.8, 4) is 0 Å². The quantitative estimate of drug-likeness (QED) is 0.388. The third kappa shape index (κ3) is 6.67. The number of carbonyl (C=O) groups excluding carboxylic acids is 1. The minimum absolute atomic E-state index is 0.103. The first-order chi connectivity index (χ1) is 20.3. The summed E-state index contributed by atoms with van der Waals surface area (Å²) in [4.78, 5) is 37.5. The number of aromatic amines is 1. The van der Waals surface area contributed by atoms with Crippen LogP contribution in [0.2, 0.25) is 0 Å². The average molecular weight is 603 g/mol. The van der Waals surface area contributed by atoms with E-state index in [2.05, 4.69) is 25.1 Å². The van der Waals surface area contributed by atoms with Crippen molar-refractivity contribution in [3.05, 3.63) is 81.2 Å². The summed E-state index contributed by atoms with van der Waals surface area (Å²) >= 11 is 0. The molecule has 2 N–H and O–H groups in total. The van der Waals surface area contributed by atoms with Gasteiger partial charge in [-0.1, -0.05) is 6.08 Å². The Morgan fingerprint density at radius 3 is 2.51 bits per heavy atom. The lowest BCUT2D eigenvalue weighted by Crippen LogP contribution is -2.55. The normalized spacial score (nSPS) is 20.3. The Labute approximate surface area is 246 Å². The third-order valence-electron chi connectivity index (χ3n) is 8.20. The Balaban J connectivity index is 1.49. The van der Waals surface area contributed by atoms with Crippen molar-refractivity contribution in [1.29, 1.82) is 0 Å². The van der Waals surface area contributed by atoms with Gasteiger partial charge in [0.25, 0.3) is 5.91 Å². The number of alkyl halides is 3. The summed E-state index contributed by atoms with van der Waals surface area (Å²) in [5.74, 6) is -0.249. The molecule has 2 aliphatic rings. The van der Waals surface area contributed by atoms with E-state index in [9.17, 15) is 22.8 Å². The lowest BCUT2D eigenvalue weighted by atomic mass is 9.96. The fourth-order valence-corrected chi connectivity index (χ4v) is 5.65. The molecular weight excluding hydrogens is 568 g/mol. The Bertz CT molecular complexity index is 1590. The Kier molecular flexibility index (Phi) is 8.48. The summed E-state index contributed by atoms with van der Waals surface area (Å²) in [6.45, 7) is 8.56. The predicted octanol–water partition coefficient (Wildman–Crippen LogP) is 4.90. The second-order valence-corrected chi connectivity index (χ2v) is 11.3. The number of pyridine rings is 1. The van der Waals surface area contributed by atoms with Crippen LogP contribution < -0.4 is 15.8 Å². The van der Waals surface area contributed by atoms with Crippen LogP contribution in [-0.2, 0) is 12.7 Å². The zero-order valence-electron chi connectivity index (χ0n) is 24.4. The van der Waals surface area contributed by atoms with Crippen LogP contribution in [0.4, 0.5) is 28.9 Å². The van der Waals surface area contributed by atoms with Crippen LogP contribution in [0.3, 0.4) is 0 Å². The summed E-state index contributed by atoms with van der Waals surface area (Å²) in [6, 6.07) is 3.40. The molecule has 1 saturated heterocycles. The van der Waals surface area contributed by atoms with Gasteiger partial charge in [-0.25, -0.2) is 9.37 Å². The van der Waals surface area contributed by atoms with Crippen LogP contribution in [0.5, 0.6) is 0 Å². The Morgan fingerprint density at radius 1 is 1.19 bits per heavy atom. The molecule has 3 aromatic rings. The second-order valence-electron chi connectivity index (χ2n) is 11.3. The molecule has 0 saturated carbocycles. The highest BCUT2D eigenvalue weighted by Gasteiger charge is 2.36. The summed E-state index contributed by atoms with van der Waals surface area (Å²) in [5, 5.41) is 2.61. The molecule has 1 unspecified atom stereocenters. The number of halogens is 4. The molecular formula is C30H34F4N6O3. The zero-order valence-corrected chi connectivity index (χ0v) is 24.4. The minimum Gasteiger partial charge on any atom is -0.445 e. The van der Waals surface area contributed by atoms with Gasteiger partial charge in [0.1, 0.15) is 11.6 Å². The van der Waals surface area contributed by atoms with Crippen molar-refractivity contribution in [1.82, 2.24) is 19.8 Å². The molecule has 230 valence electrons. The minimum atomic E-state index is -4.93.